The molecule has 1 atom stereocenters. The van der Waals surface area contributed by atoms with Crippen LogP contribution in [0.5, 0.6) is 11.5 Å². The summed E-state index contributed by atoms with van der Waals surface area (Å²) in [5.41, 5.74) is 2.18. The average molecular weight is 279 g/mol. The molecule has 1 aliphatic heterocycles. The van der Waals surface area contributed by atoms with Crippen molar-refractivity contribution < 1.29 is 14.3 Å². The average Bonchev–Trinajstić information content (AvgIpc) is 2.95. The van der Waals surface area contributed by atoms with Gasteiger partial charge in [0.2, 0.25) is 6.79 Å². The van der Waals surface area contributed by atoms with Gasteiger partial charge in [0.1, 0.15) is 5.92 Å². The van der Waals surface area contributed by atoms with Gasteiger partial charge in [-0.05, 0) is 30.7 Å². The number of carbonyl (C=O) groups excluding carboxylic acids is 1. The Kier molecular flexibility index (Phi) is 3.33. The summed E-state index contributed by atoms with van der Waals surface area (Å²) in [6.45, 7) is 2.09. The highest BCUT2D eigenvalue weighted by atomic mass is 16.7. The molecule has 2 aromatic carbocycles. The van der Waals surface area contributed by atoms with Crippen LogP contribution in [0, 0.1) is 18.3 Å². The van der Waals surface area contributed by atoms with E-state index in [1.54, 1.807) is 24.3 Å². The maximum absolute atomic E-state index is 12.6. The predicted molar refractivity (Wildman–Crippen MR) is 76.4 cm³/mol. The van der Waals surface area contributed by atoms with Crippen molar-refractivity contribution in [2.45, 2.75) is 12.8 Å². The predicted octanol–water partition coefficient (Wildman–Crippen LogP) is 3.21. The lowest BCUT2D eigenvalue weighted by Crippen LogP contribution is -2.11. The zero-order valence-electron chi connectivity index (χ0n) is 11.5. The third kappa shape index (κ3) is 2.46. The Morgan fingerprint density at radius 2 is 2.00 bits per heavy atom. The van der Waals surface area contributed by atoms with Crippen LogP contribution in [-0.2, 0) is 0 Å². The van der Waals surface area contributed by atoms with Crippen molar-refractivity contribution in [3.8, 4) is 17.6 Å². The SMILES string of the molecule is Cc1cccc(C(C#N)C(=O)c2ccc3c(c2)OCO3)c1. The van der Waals surface area contributed by atoms with Crippen molar-refractivity contribution in [1.29, 1.82) is 5.26 Å². The van der Waals surface area contributed by atoms with Gasteiger partial charge in [-0.15, -0.1) is 0 Å². The fourth-order valence-electron chi connectivity index (χ4n) is 2.35. The Hall–Kier alpha value is -2.80. The van der Waals surface area contributed by atoms with Gasteiger partial charge in [-0.2, -0.15) is 5.26 Å². The van der Waals surface area contributed by atoms with Crippen LogP contribution in [0.25, 0.3) is 0 Å². The van der Waals surface area contributed by atoms with Gasteiger partial charge in [0.25, 0.3) is 0 Å². The van der Waals surface area contributed by atoms with Gasteiger partial charge in [0, 0.05) is 5.56 Å². The molecular weight excluding hydrogens is 266 g/mol. The highest BCUT2D eigenvalue weighted by Gasteiger charge is 2.24. The second-order valence-electron chi connectivity index (χ2n) is 4.91. The van der Waals surface area contributed by atoms with Crippen LogP contribution in [0.15, 0.2) is 42.5 Å². The van der Waals surface area contributed by atoms with E-state index in [1.807, 2.05) is 25.1 Å². The summed E-state index contributed by atoms with van der Waals surface area (Å²) in [4.78, 5) is 12.6. The lowest BCUT2D eigenvalue weighted by atomic mass is 9.91. The Morgan fingerprint density at radius 1 is 1.19 bits per heavy atom. The van der Waals surface area contributed by atoms with Crippen molar-refractivity contribution in [3.63, 3.8) is 0 Å². The number of fused-ring (bicyclic) bond motifs is 1. The molecule has 3 rings (SSSR count). The van der Waals surface area contributed by atoms with Crippen molar-refractivity contribution in [3.05, 3.63) is 59.2 Å². The molecule has 0 fully saturated rings. The topological polar surface area (TPSA) is 59.3 Å². The summed E-state index contributed by atoms with van der Waals surface area (Å²) in [7, 11) is 0. The van der Waals surface area contributed by atoms with Crippen LogP contribution in [0.3, 0.4) is 0 Å². The van der Waals surface area contributed by atoms with E-state index in [1.165, 1.54) is 0 Å². The third-order valence-corrected chi connectivity index (χ3v) is 3.42. The minimum atomic E-state index is -0.815. The van der Waals surface area contributed by atoms with Gasteiger partial charge >= 0.3 is 0 Å². The van der Waals surface area contributed by atoms with E-state index in [0.29, 0.717) is 22.6 Å². The first kappa shape index (κ1) is 13.2. The zero-order valence-corrected chi connectivity index (χ0v) is 11.5. The summed E-state index contributed by atoms with van der Waals surface area (Å²) < 4.78 is 10.5. The number of rotatable bonds is 3. The summed E-state index contributed by atoms with van der Waals surface area (Å²) in [5.74, 6) is 0.115. The highest BCUT2D eigenvalue weighted by Crippen LogP contribution is 2.34. The number of benzene rings is 2. The molecule has 0 N–H and O–H groups in total. The molecule has 0 aromatic heterocycles. The number of aryl methyl sites for hydroxylation is 1. The lowest BCUT2D eigenvalue weighted by Gasteiger charge is -2.10. The fraction of sp³-hybridized carbons (Fsp3) is 0.176. The smallest absolute Gasteiger partial charge is 0.231 e. The first-order valence-electron chi connectivity index (χ1n) is 6.59. The van der Waals surface area contributed by atoms with E-state index < -0.39 is 5.92 Å². The van der Waals surface area contributed by atoms with Gasteiger partial charge in [-0.1, -0.05) is 29.8 Å². The van der Waals surface area contributed by atoms with Crippen LogP contribution in [-0.4, -0.2) is 12.6 Å². The molecule has 21 heavy (non-hydrogen) atoms. The Morgan fingerprint density at radius 3 is 2.76 bits per heavy atom. The van der Waals surface area contributed by atoms with Crippen LogP contribution in [0.2, 0.25) is 0 Å². The number of carbonyl (C=O) groups is 1. The quantitative estimate of drug-likeness (QED) is 0.809. The number of ketones is 1. The van der Waals surface area contributed by atoms with Crippen molar-refractivity contribution in [2.24, 2.45) is 0 Å². The van der Waals surface area contributed by atoms with E-state index in [0.717, 1.165) is 5.56 Å². The zero-order chi connectivity index (χ0) is 14.8. The molecule has 1 aliphatic rings. The largest absolute Gasteiger partial charge is 0.454 e. The normalized spacial score (nSPS) is 13.5. The molecule has 0 amide bonds. The van der Waals surface area contributed by atoms with Crippen molar-refractivity contribution in [1.82, 2.24) is 0 Å². The minimum absolute atomic E-state index is 0.159. The molecule has 4 nitrogen and oxygen atoms in total. The van der Waals surface area contributed by atoms with E-state index in [2.05, 4.69) is 6.07 Å². The van der Waals surface area contributed by atoms with Gasteiger partial charge in [0.05, 0.1) is 6.07 Å². The number of hydrogen-bond acceptors (Lipinski definition) is 4. The second kappa shape index (κ2) is 5.29. The van der Waals surface area contributed by atoms with E-state index in [4.69, 9.17) is 9.47 Å². The first-order chi connectivity index (χ1) is 10.2. The molecule has 1 heterocycles. The van der Waals surface area contributed by atoms with E-state index in [9.17, 15) is 10.1 Å². The second-order valence-corrected chi connectivity index (χ2v) is 4.91. The van der Waals surface area contributed by atoms with Gasteiger partial charge in [-0.3, -0.25) is 4.79 Å². The molecule has 1 unspecified atom stereocenters. The van der Waals surface area contributed by atoms with Crippen LogP contribution in [0.1, 0.15) is 27.4 Å². The van der Waals surface area contributed by atoms with E-state index in [-0.39, 0.29) is 12.6 Å². The number of nitriles is 1. The fourth-order valence-corrected chi connectivity index (χ4v) is 2.35. The van der Waals surface area contributed by atoms with Crippen molar-refractivity contribution in [2.75, 3.05) is 6.79 Å². The molecule has 0 radical (unpaired) electrons. The first-order valence-corrected chi connectivity index (χ1v) is 6.59. The molecule has 0 bridgehead atoms. The Bertz CT molecular complexity index is 746. The van der Waals surface area contributed by atoms with Crippen LogP contribution >= 0.6 is 0 Å². The Labute approximate surface area is 122 Å². The number of nitrogens with zero attached hydrogens (tertiary/aromatic N) is 1. The van der Waals surface area contributed by atoms with E-state index >= 15 is 0 Å². The van der Waals surface area contributed by atoms with Gasteiger partial charge in [-0.25, -0.2) is 0 Å². The molecule has 0 aliphatic carbocycles. The van der Waals surface area contributed by atoms with Gasteiger partial charge < -0.3 is 9.47 Å². The molecule has 0 saturated carbocycles. The highest BCUT2D eigenvalue weighted by molar-refractivity contribution is 6.03. The maximum Gasteiger partial charge on any atom is 0.231 e. The number of Topliss-reactive ketones (excluding diaryl/α,β-unsaturated/α-hetero) is 1. The number of ether oxygens (including phenoxy) is 2. The minimum Gasteiger partial charge on any atom is -0.454 e. The summed E-state index contributed by atoms with van der Waals surface area (Å²) in [6, 6.07) is 14.5. The summed E-state index contributed by atoms with van der Waals surface area (Å²) in [6.07, 6.45) is 0. The molecule has 0 spiro atoms. The summed E-state index contributed by atoms with van der Waals surface area (Å²) >= 11 is 0. The monoisotopic (exact) mass is 279 g/mol. The molecular formula is C17H13NO3. The van der Waals surface area contributed by atoms with Crippen molar-refractivity contribution >= 4 is 5.78 Å². The lowest BCUT2D eigenvalue weighted by molar-refractivity contribution is 0.0978. The molecule has 2 aromatic rings. The molecule has 0 saturated heterocycles. The maximum atomic E-state index is 12.6. The summed E-state index contributed by atoms with van der Waals surface area (Å²) in [5, 5.41) is 9.37. The molecule has 104 valence electrons. The van der Waals surface area contributed by atoms with Gasteiger partial charge in [0.15, 0.2) is 17.3 Å². The Balaban J connectivity index is 1.95. The third-order valence-electron chi connectivity index (χ3n) is 3.42. The van der Waals surface area contributed by atoms with Crippen LogP contribution in [0.4, 0.5) is 0 Å². The van der Waals surface area contributed by atoms with Crippen LogP contribution < -0.4 is 9.47 Å². The molecule has 4 heteroatoms. The standard InChI is InChI=1S/C17H13NO3/c1-11-3-2-4-12(7-11)14(9-18)17(19)13-5-6-15-16(8-13)21-10-20-15/h2-8,14H,10H2,1H3. The number of hydrogen-bond donors (Lipinski definition) is 0.